The third-order valence-corrected chi connectivity index (χ3v) is 3.09. The fourth-order valence-electron chi connectivity index (χ4n) is 2.04. The molecule has 5 heteroatoms. The fourth-order valence-corrected chi connectivity index (χ4v) is 2.04. The summed E-state index contributed by atoms with van der Waals surface area (Å²) in [5.74, 6) is -0.344. The number of aryl methyl sites for hydroxylation is 2. The first-order valence-corrected chi connectivity index (χ1v) is 6.36. The van der Waals surface area contributed by atoms with E-state index in [4.69, 9.17) is 9.68 Å². The summed E-state index contributed by atoms with van der Waals surface area (Å²) in [6.45, 7) is 4.86. The Hall–Kier alpha value is -2.87. The molecule has 0 aliphatic rings. The molecule has 2 rings (SSSR count). The van der Waals surface area contributed by atoms with Gasteiger partial charge in [0.05, 0.1) is 5.56 Å². The van der Waals surface area contributed by atoms with Crippen LogP contribution in [0.4, 0.5) is 5.88 Å². The Kier molecular flexibility index (Phi) is 3.90. The maximum atomic E-state index is 12.1. The molecule has 0 bridgehead atoms. The molecule has 5 nitrogen and oxygen atoms in total. The van der Waals surface area contributed by atoms with Crippen molar-refractivity contribution in [3.8, 4) is 6.07 Å². The van der Waals surface area contributed by atoms with Crippen LogP contribution in [-0.4, -0.2) is 11.7 Å². The predicted octanol–water partition coefficient (Wildman–Crippen LogP) is 3.22. The molecule has 0 fully saturated rings. The Morgan fingerprint density at radius 2 is 1.81 bits per heavy atom. The molecule has 0 saturated heterocycles. The second-order valence-corrected chi connectivity index (χ2v) is 4.73. The van der Waals surface area contributed by atoms with Gasteiger partial charge >= 0.3 is 0 Å². The minimum Gasteiger partial charge on any atom is -0.443 e. The maximum Gasteiger partial charge on any atom is 0.258 e. The largest absolute Gasteiger partial charge is 0.443 e. The van der Waals surface area contributed by atoms with Crippen LogP contribution in [0.1, 0.15) is 44.5 Å². The first-order chi connectivity index (χ1) is 9.93. The lowest BCUT2D eigenvalue weighted by Gasteiger charge is -2.03. The smallest absolute Gasteiger partial charge is 0.258 e. The van der Waals surface area contributed by atoms with E-state index in [1.54, 1.807) is 19.1 Å². The van der Waals surface area contributed by atoms with Crippen LogP contribution in [-0.2, 0) is 0 Å². The number of ketones is 1. The van der Waals surface area contributed by atoms with Gasteiger partial charge < -0.3 is 4.42 Å². The summed E-state index contributed by atoms with van der Waals surface area (Å²) in [6.07, 6.45) is 0. The van der Waals surface area contributed by atoms with E-state index in [2.05, 4.69) is 5.32 Å². The summed E-state index contributed by atoms with van der Waals surface area (Å²) in [5, 5.41) is 11.7. The number of nitriles is 1. The molecular weight excluding hydrogens is 268 g/mol. The summed E-state index contributed by atoms with van der Waals surface area (Å²) < 4.78 is 5.34. The van der Waals surface area contributed by atoms with Crippen molar-refractivity contribution in [2.75, 3.05) is 5.32 Å². The molecule has 2 aromatic rings. The van der Waals surface area contributed by atoms with E-state index in [-0.39, 0.29) is 22.8 Å². The maximum absolute atomic E-state index is 12.1. The van der Waals surface area contributed by atoms with E-state index in [9.17, 15) is 9.59 Å². The van der Waals surface area contributed by atoms with Gasteiger partial charge in [-0.1, -0.05) is 17.7 Å². The van der Waals surface area contributed by atoms with Crippen molar-refractivity contribution in [3.63, 3.8) is 0 Å². The van der Waals surface area contributed by atoms with E-state index in [1.807, 2.05) is 25.1 Å². The molecule has 1 aromatic carbocycles. The Morgan fingerprint density at radius 3 is 2.33 bits per heavy atom. The molecule has 0 spiro atoms. The lowest BCUT2D eigenvalue weighted by molar-refractivity contribution is 0.101. The number of anilines is 1. The number of amides is 1. The zero-order valence-electron chi connectivity index (χ0n) is 12.0. The average molecular weight is 282 g/mol. The van der Waals surface area contributed by atoms with Gasteiger partial charge in [-0.3, -0.25) is 14.9 Å². The van der Waals surface area contributed by atoms with Crippen LogP contribution in [0, 0.1) is 25.2 Å². The molecule has 0 aliphatic carbocycles. The Morgan fingerprint density at radius 1 is 1.19 bits per heavy atom. The molecule has 1 heterocycles. The molecule has 1 aromatic heterocycles. The topological polar surface area (TPSA) is 83.1 Å². The van der Waals surface area contributed by atoms with Crippen LogP contribution in [0.2, 0.25) is 0 Å². The summed E-state index contributed by atoms with van der Waals surface area (Å²) in [6, 6.07) is 8.89. The van der Waals surface area contributed by atoms with Gasteiger partial charge in [0.1, 0.15) is 17.4 Å². The summed E-state index contributed by atoms with van der Waals surface area (Å²) in [4.78, 5) is 23.6. The van der Waals surface area contributed by atoms with Crippen LogP contribution in [0.3, 0.4) is 0 Å². The van der Waals surface area contributed by atoms with E-state index < -0.39 is 5.91 Å². The lowest BCUT2D eigenvalue weighted by atomic mass is 10.1. The lowest BCUT2D eigenvalue weighted by Crippen LogP contribution is -2.12. The third-order valence-electron chi connectivity index (χ3n) is 3.09. The van der Waals surface area contributed by atoms with Crippen molar-refractivity contribution in [2.45, 2.75) is 20.8 Å². The molecule has 0 unspecified atom stereocenters. The summed E-state index contributed by atoms with van der Waals surface area (Å²) >= 11 is 0. The second kappa shape index (κ2) is 5.63. The minimum atomic E-state index is -0.393. The number of rotatable bonds is 3. The van der Waals surface area contributed by atoms with Crippen molar-refractivity contribution < 1.29 is 14.0 Å². The van der Waals surface area contributed by atoms with E-state index >= 15 is 0 Å². The molecule has 0 aliphatic heterocycles. The van der Waals surface area contributed by atoms with Crippen LogP contribution in [0.25, 0.3) is 0 Å². The van der Waals surface area contributed by atoms with Crippen molar-refractivity contribution >= 4 is 17.6 Å². The summed E-state index contributed by atoms with van der Waals surface area (Å²) in [5.41, 5.74) is 1.75. The zero-order chi connectivity index (χ0) is 15.6. The monoisotopic (exact) mass is 282 g/mol. The fraction of sp³-hybridized carbons (Fsp3) is 0.188. The number of furan rings is 1. The third kappa shape index (κ3) is 2.84. The minimum absolute atomic E-state index is 0.00535. The Balaban J connectivity index is 2.34. The first kappa shape index (κ1) is 14.5. The SMILES string of the molecule is CC(=O)c1c(C)oc(NC(=O)c2ccc(C)cc2)c1C#N. The molecule has 1 N–H and O–H groups in total. The van der Waals surface area contributed by atoms with Crippen LogP contribution in [0.15, 0.2) is 28.7 Å². The van der Waals surface area contributed by atoms with Gasteiger partial charge in [-0.15, -0.1) is 0 Å². The van der Waals surface area contributed by atoms with Crippen LogP contribution < -0.4 is 5.32 Å². The Labute approximate surface area is 122 Å². The van der Waals surface area contributed by atoms with E-state index in [0.717, 1.165) is 5.56 Å². The standard InChI is InChI=1S/C16H14N2O3/c1-9-4-6-12(7-5-9)15(20)18-16-13(8-17)14(10(2)19)11(3)21-16/h4-7H,1-3H3,(H,18,20). The summed E-state index contributed by atoms with van der Waals surface area (Å²) in [7, 11) is 0. The Bertz CT molecular complexity index is 749. The van der Waals surface area contributed by atoms with Gasteiger partial charge in [-0.25, -0.2) is 0 Å². The highest BCUT2D eigenvalue weighted by Gasteiger charge is 2.22. The molecular formula is C16H14N2O3. The van der Waals surface area contributed by atoms with Gasteiger partial charge in [0.25, 0.3) is 5.91 Å². The number of carbonyl (C=O) groups is 2. The van der Waals surface area contributed by atoms with Crippen molar-refractivity contribution in [1.82, 2.24) is 0 Å². The van der Waals surface area contributed by atoms with Crippen molar-refractivity contribution in [3.05, 3.63) is 52.3 Å². The van der Waals surface area contributed by atoms with Gasteiger partial charge in [-0.2, -0.15) is 5.26 Å². The second-order valence-electron chi connectivity index (χ2n) is 4.73. The quantitative estimate of drug-likeness (QED) is 0.876. The van der Waals surface area contributed by atoms with Gasteiger partial charge in [0.2, 0.25) is 5.88 Å². The highest BCUT2D eigenvalue weighted by atomic mass is 16.4. The molecule has 0 radical (unpaired) electrons. The van der Waals surface area contributed by atoms with Gasteiger partial charge in [-0.05, 0) is 32.9 Å². The van der Waals surface area contributed by atoms with Gasteiger partial charge in [0, 0.05) is 5.56 Å². The molecule has 0 atom stereocenters. The normalized spacial score (nSPS) is 10.0. The van der Waals surface area contributed by atoms with Crippen molar-refractivity contribution in [1.29, 1.82) is 5.26 Å². The number of hydrogen-bond donors (Lipinski definition) is 1. The molecule has 106 valence electrons. The molecule has 21 heavy (non-hydrogen) atoms. The number of carbonyl (C=O) groups excluding carboxylic acids is 2. The number of Topliss-reactive ketones (excluding diaryl/α,β-unsaturated/α-hetero) is 1. The number of hydrogen-bond acceptors (Lipinski definition) is 4. The zero-order valence-corrected chi connectivity index (χ0v) is 12.0. The van der Waals surface area contributed by atoms with Crippen LogP contribution >= 0.6 is 0 Å². The molecule has 0 saturated carbocycles. The first-order valence-electron chi connectivity index (χ1n) is 6.36. The predicted molar refractivity (Wildman–Crippen MR) is 77.3 cm³/mol. The number of nitrogens with one attached hydrogen (secondary N) is 1. The van der Waals surface area contributed by atoms with Gasteiger partial charge in [0.15, 0.2) is 5.78 Å². The van der Waals surface area contributed by atoms with Crippen LogP contribution in [0.5, 0.6) is 0 Å². The van der Waals surface area contributed by atoms with E-state index in [0.29, 0.717) is 11.3 Å². The van der Waals surface area contributed by atoms with Crippen molar-refractivity contribution in [2.24, 2.45) is 0 Å². The average Bonchev–Trinajstić information content (AvgIpc) is 2.75. The van der Waals surface area contributed by atoms with E-state index in [1.165, 1.54) is 6.92 Å². The highest BCUT2D eigenvalue weighted by Crippen LogP contribution is 2.27. The number of benzene rings is 1. The molecule has 1 amide bonds. The highest BCUT2D eigenvalue weighted by molar-refractivity contribution is 6.06. The number of nitrogens with zero attached hydrogens (tertiary/aromatic N) is 1.